The number of rotatable bonds is 6. The topological polar surface area (TPSA) is 48.4 Å². The number of esters is 1. The molecule has 5 heteroatoms. The fourth-order valence-corrected chi connectivity index (χ4v) is 2.52. The van der Waals surface area contributed by atoms with Crippen molar-refractivity contribution in [3.8, 4) is 0 Å². The molecule has 0 fully saturated rings. The third-order valence-electron chi connectivity index (χ3n) is 3.59. The summed E-state index contributed by atoms with van der Waals surface area (Å²) in [6.45, 7) is 9.85. The molecule has 0 radical (unpaired) electrons. The number of pyridine rings is 1. The Balaban J connectivity index is 2.34. The van der Waals surface area contributed by atoms with Gasteiger partial charge in [-0.1, -0.05) is 27.3 Å². The summed E-state index contributed by atoms with van der Waals surface area (Å²) in [5.41, 5.74) is 1.41. The van der Waals surface area contributed by atoms with Crippen molar-refractivity contribution in [3.63, 3.8) is 0 Å². The fraction of sp³-hybridized carbons (Fsp3) is 0.600. The van der Waals surface area contributed by atoms with E-state index < -0.39 is 8.80 Å². The SMILES string of the molecule is COC(=O)c1ccc(CCOC[SiH](C)C(C)(C)C)nc1. The van der Waals surface area contributed by atoms with E-state index in [9.17, 15) is 4.79 Å². The number of ether oxygens (including phenoxy) is 2. The monoisotopic (exact) mass is 295 g/mol. The molecule has 0 saturated carbocycles. The Morgan fingerprint density at radius 3 is 2.55 bits per heavy atom. The second-order valence-electron chi connectivity index (χ2n) is 6.12. The molecule has 0 aliphatic rings. The Bertz CT molecular complexity index is 426. The molecule has 4 nitrogen and oxygen atoms in total. The van der Waals surface area contributed by atoms with Gasteiger partial charge < -0.3 is 9.47 Å². The molecule has 0 aromatic carbocycles. The minimum atomic E-state index is -0.846. The molecule has 1 unspecified atom stereocenters. The number of carbonyl (C=O) groups is 1. The van der Waals surface area contributed by atoms with E-state index in [0.717, 1.165) is 18.3 Å². The van der Waals surface area contributed by atoms with Crippen molar-refractivity contribution >= 4 is 14.8 Å². The van der Waals surface area contributed by atoms with Gasteiger partial charge in [-0.05, 0) is 17.2 Å². The van der Waals surface area contributed by atoms with Crippen LogP contribution in [0, 0.1) is 0 Å². The van der Waals surface area contributed by atoms with E-state index in [4.69, 9.17) is 4.74 Å². The van der Waals surface area contributed by atoms with Gasteiger partial charge in [0.25, 0.3) is 0 Å². The van der Waals surface area contributed by atoms with Crippen molar-refractivity contribution in [2.45, 2.75) is 38.8 Å². The molecule has 0 saturated heterocycles. The number of carbonyl (C=O) groups excluding carboxylic acids is 1. The molecule has 0 amide bonds. The Hall–Kier alpha value is -1.20. The molecule has 1 rings (SSSR count). The van der Waals surface area contributed by atoms with E-state index >= 15 is 0 Å². The van der Waals surface area contributed by atoms with Crippen LogP contribution in [0.3, 0.4) is 0 Å². The van der Waals surface area contributed by atoms with Gasteiger partial charge in [0.1, 0.15) is 0 Å². The zero-order chi connectivity index (χ0) is 15.2. The minimum Gasteiger partial charge on any atom is -0.465 e. The van der Waals surface area contributed by atoms with Crippen molar-refractivity contribution < 1.29 is 14.3 Å². The highest BCUT2D eigenvalue weighted by Crippen LogP contribution is 2.26. The summed E-state index contributed by atoms with van der Waals surface area (Å²) < 4.78 is 10.4. The smallest absolute Gasteiger partial charge is 0.339 e. The second kappa shape index (κ2) is 7.55. The average molecular weight is 295 g/mol. The van der Waals surface area contributed by atoms with Gasteiger partial charge in [0.15, 0.2) is 0 Å². The quantitative estimate of drug-likeness (QED) is 0.460. The van der Waals surface area contributed by atoms with Crippen LogP contribution in [0.25, 0.3) is 0 Å². The lowest BCUT2D eigenvalue weighted by atomic mass is 10.2. The van der Waals surface area contributed by atoms with Crippen molar-refractivity contribution in [2.75, 3.05) is 19.9 Å². The summed E-state index contributed by atoms with van der Waals surface area (Å²) in [6.07, 6.45) is 3.21. The van der Waals surface area contributed by atoms with Crippen molar-refractivity contribution in [3.05, 3.63) is 29.6 Å². The standard InChI is InChI=1S/C15H25NO3Si/c1-15(2,3)20(5)11-19-9-8-13-7-6-12(10-16-13)14(17)18-4/h6-7,10,20H,8-9,11H2,1-5H3. The number of hydrogen-bond donors (Lipinski definition) is 0. The molecule has 0 spiro atoms. The summed E-state index contributed by atoms with van der Waals surface area (Å²) in [6, 6.07) is 3.58. The molecule has 1 aromatic heterocycles. The first-order chi connectivity index (χ1) is 9.34. The largest absolute Gasteiger partial charge is 0.465 e. The lowest BCUT2D eigenvalue weighted by molar-refractivity contribution is 0.0600. The molecular formula is C15H25NO3Si. The lowest BCUT2D eigenvalue weighted by Gasteiger charge is -2.25. The molecule has 20 heavy (non-hydrogen) atoms. The van der Waals surface area contributed by atoms with E-state index in [0.29, 0.717) is 17.2 Å². The first-order valence-corrected chi connectivity index (χ1v) is 9.50. The van der Waals surface area contributed by atoms with Gasteiger partial charge in [0.2, 0.25) is 0 Å². The van der Waals surface area contributed by atoms with Crippen molar-refractivity contribution in [2.24, 2.45) is 0 Å². The van der Waals surface area contributed by atoms with Gasteiger partial charge in [0, 0.05) is 24.5 Å². The predicted molar refractivity (Wildman–Crippen MR) is 82.8 cm³/mol. The molecule has 112 valence electrons. The van der Waals surface area contributed by atoms with Gasteiger partial charge in [0.05, 0.1) is 28.1 Å². The van der Waals surface area contributed by atoms with Gasteiger partial charge in [-0.15, -0.1) is 0 Å². The molecule has 0 bridgehead atoms. The summed E-state index contributed by atoms with van der Waals surface area (Å²) in [5.74, 6) is -0.356. The highest BCUT2D eigenvalue weighted by molar-refractivity contribution is 6.60. The number of hydrogen-bond acceptors (Lipinski definition) is 4. The average Bonchev–Trinajstić information content (AvgIpc) is 2.42. The van der Waals surface area contributed by atoms with Gasteiger partial charge >= 0.3 is 5.97 Å². The van der Waals surface area contributed by atoms with Crippen LogP contribution in [0.1, 0.15) is 36.8 Å². The van der Waals surface area contributed by atoms with Crippen molar-refractivity contribution in [1.29, 1.82) is 0 Å². The van der Waals surface area contributed by atoms with Gasteiger partial charge in [-0.25, -0.2) is 4.79 Å². The van der Waals surface area contributed by atoms with E-state index in [2.05, 4.69) is 37.0 Å². The molecular weight excluding hydrogens is 270 g/mol. The van der Waals surface area contributed by atoms with Gasteiger partial charge in [-0.3, -0.25) is 4.98 Å². The van der Waals surface area contributed by atoms with Crippen LogP contribution in [0.4, 0.5) is 0 Å². The third kappa shape index (κ3) is 5.42. The number of aromatic nitrogens is 1. The van der Waals surface area contributed by atoms with Gasteiger partial charge in [-0.2, -0.15) is 0 Å². The Morgan fingerprint density at radius 2 is 2.05 bits per heavy atom. The Labute approximate surface area is 123 Å². The number of methoxy groups -OCH3 is 1. The van der Waals surface area contributed by atoms with E-state index in [1.165, 1.54) is 7.11 Å². The van der Waals surface area contributed by atoms with E-state index in [-0.39, 0.29) is 5.97 Å². The second-order valence-corrected chi connectivity index (χ2v) is 9.99. The lowest BCUT2D eigenvalue weighted by Crippen LogP contribution is -2.28. The summed E-state index contributed by atoms with van der Waals surface area (Å²) in [4.78, 5) is 15.5. The van der Waals surface area contributed by atoms with Crippen molar-refractivity contribution in [1.82, 2.24) is 4.98 Å². The Morgan fingerprint density at radius 1 is 1.35 bits per heavy atom. The Kier molecular flexibility index (Phi) is 6.36. The summed E-state index contributed by atoms with van der Waals surface area (Å²) in [5, 5.41) is 0.403. The molecule has 1 atom stereocenters. The van der Waals surface area contributed by atoms with Crippen LogP contribution >= 0.6 is 0 Å². The van der Waals surface area contributed by atoms with Crippen LogP contribution in [-0.2, 0) is 15.9 Å². The fourth-order valence-electron chi connectivity index (χ4n) is 1.50. The summed E-state index contributed by atoms with van der Waals surface area (Å²) >= 11 is 0. The number of nitrogens with zero attached hydrogens (tertiary/aromatic N) is 1. The minimum absolute atomic E-state index is 0.356. The molecule has 0 N–H and O–H groups in total. The molecule has 1 aromatic rings. The maximum atomic E-state index is 11.3. The predicted octanol–water partition coefficient (Wildman–Crippen LogP) is 2.62. The normalized spacial score (nSPS) is 13.1. The maximum Gasteiger partial charge on any atom is 0.339 e. The summed E-state index contributed by atoms with van der Waals surface area (Å²) in [7, 11) is 0.520. The third-order valence-corrected chi connectivity index (χ3v) is 7.29. The van der Waals surface area contributed by atoms with Crippen LogP contribution in [-0.4, -0.2) is 39.7 Å². The molecule has 0 aliphatic heterocycles. The zero-order valence-electron chi connectivity index (χ0n) is 13.1. The van der Waals surface area contributed by atoms with Crippen LogP contribution in [0.15, 0.2) is 18.3 Å². The van der Waals surface area contributed by atoms with Crippen LogP contribution in [0.5, 0.6) is 0 Å². The highest BCUT2D eigenvalue weighted by Gasteiger charge is 2.21. The highest BCUT2D eigenvalue weighted by atomic mass is 28.3. The van der Waals surface area contributed by atoms with Crippen LogP contribution in [0.2, 0.25) is 11.6 Å². The van der Waals surface area contributed by atoms with E-state index in [1.54, 1.807) is 12.3 Å². The zero-order valence-corrected chi connectivity index (χ0v) is 14.3. The first kappa shape index (κ1) is 16.9. The van der Waals surface area contributed by atoms with E-state index in [1.807, 2.05) is 6.07 Å². The maximum absolute atomic E-state index is 11.3. The molecule has 1 heterocycles. The molecule has 0 aliphatic carbocycles. The van der Waals surface area contributed by atoms with Crippen LogP contribution < -0.4 is 0 Å². The first-order valence-electron chi connectivity index (χ1n) is 6.95.